The molecule has 0 unspecified atom stereocenters. The van der Waals surface area contributed by atoms with Gasteiger partial charge in [0, 0.05) is 18.1 Å². The number of carboxylic acids is 1. The number of aliphatic carboxylic acids is 1. The third-order valence-electron chi connectivity index (χ3n) is 2.43. The fourth-order valence-corrected chi connectivity index (χ4v) is 1.65. The number of hydrogen-bond acceptors (Lipinski definition) is 4. The van der Waals surface area contributed by atoms with Crippen molar-refractivity contribution in [3.05, 3.63) is 23.2 Å². The molecule has 1 atom stereocenters. The molecule has 1 aromatic rings. The maximum atomic E-state index is 11.7. The van der Waals surface area contributed by atoms with Crippen LogP contribution in [0.3, 0.4) is 0 Å². The lowest BCUT2D eigenvalue weighted by Gasteiger charge is -2.15. The van der Waals surface area contributed by atoms with E-state index in [1.165, 1.54) is 13.2 Å². The zero-order valence-corrected chi connectivity index (χ0v) is 11.5. The molecule has 0 heterocycles. The van der Waals surface area contributed by atoms with Gasteiger partial charge in [-0.3, -0.25) is 0 Å². The molecule has 8 heteroatoms. The summed E-state index contributed by atoms with van der Waals surface area (Å²) in [6.07, 6.45) is -0.0879. The van der Waals surface area contributed by atoms with Crippen LogP contribution in [0, 0.1) is 0 Å². The number of rotatable bonds is 6. The molecule has 0 saturated heterocycles. The van der Waals surface area contributed by atoms with E-state index >= 15 is 0 Å². The van der Waals surface area contributed by atoms with Gasteiger partial charge in [0.05, 0.1) is 12.8 Å². The highest BCUT2D eigenvalue weighted by Crippen LogP contribution is 2.27. The number of carbonyl (C=O) groups excluding carboxylic acids is 1. The largest absolute Gasteiger partial charge is 0.495 e. The molecule has 0 aliphatic rings. The third-order valence-corrected chi connectivity index (χ3v) is 2.67. The standard InChI is InChI=1S/C12H15ClN2O5/c1-20-10-3-2-7(13)6-9(10)15-12(19)14-8(4-5-16)11(17)18/h2-3,6,8,16H,4-5H2,1H3,(H,17,18)(H2,14,15,19)/t8-/m0/s1. The van der Waals surface area contributed by atoms with E-state index in [1.54, 1.807) is 12.1 Å². The van der Waals surface area contributed by atoms with Gasteiger partial charge in [0.1, 0.15) is 11.8 Å². The van der Waals surface area contributed by atoms with E-state index < -0.39 is 18.0 Å². The summed E-state index contributed by atoms with van der Waals surface area (Å²) < 4.78 is 5.04. The Morgan fingerprint density at radius 1 is 1.45 bits per heavy atom. The smallest absolute Gasteiger partial charge is 0.326 e. The average Bonchev–Trinajstić information content (AvgIpc) is 2.38. The number of nitrogens with one attached hydrogen (secondary N) is 2. The van der Waals surface area contributed by atoms with E-state index in [1.807, 2.05) is 0 Å². The predicted octanol–water partition coefficient (Wildman–Crippen LogP) is 1.31. The predicted molar refractivity (Wildman–Crippen MR) is 73.3 cm³/mol. The minimum atomic E-state index is -1.23. The van der Waals surface area contributed by atoms with Crippen LogP contribution in [0.1, 0.15) is 6.42 Å². The van der Waals surface area contributed by atoms with Gasteiger partial charge < -0.3 is 25.6 Å². The molecular formula is C12H15ClN2O5. The summed E-state index contributed by atoms with van der Waals surface area (Å²) in [5.74, 6) is -0.842. The topological polar surface area (TPSA) is 108 Å². The maximum Gasteiger partial charge on any atom is 0.326 e. The third kappa shape index (κ3) is 4.60. The minimum Gasteiger partial charge on any atom is -0.495 e. The monoisotopic (exact) mass is 302 g/mol. The number of ether oxygens (including phenoxy) is 1. The molecule has 4 N–H and O–H groups in total. The second-order valence-electron chi connectivity index (χ2n) is 3.85. The van der Waals surface area contributed by atoms with Crippen molar-refractivity contribution in [2.24, 2.45) is 0 Å². The number of amides is 2. The number of methoxy groups -OCH3 is 1. The van der Waals surface area contributed by atoms with Gasteiger partial charge in [0.2, 0.25) is 0 Å². The molecule has 0 aromatic heterocycles. The van der Waals surface area contributed by atoms with Gasteiger partial charge in [-0.05, 0) is 18.2 Å². The summed E-state index contributed by atoms with van der Waals surface area (Å²) in [7, 11) is 1.43. The number of halogens is 1. The molecule has 1 aromatic carbocycles. The lowest BCUT2D eigenvalue weighted by Crippen LogP contribution is -2.43. The summed E-state index contributed by atoms with van der Waals surface area (Å²) >= 11 is 5.81. The number of carbonyl (C=O) groups is 2. The first-order valence-corrected chi connectivity index (χ1v) is 6.10. The van der Waals surface area contributed by atoms with Crippen LogP contribution in [0.4, 0.5) is 10.5 Å². The average molecular weight is 303 g/mol. The van der Waals surface area contributed by atoms with Crippen LogP contribution in [0.2, 0.25) is 5.02 Å². The summed E-state index contributed by atoms with van der Waals surface area (Å²) in [5.41, 5.74) is 0.311. The van der Waals surface area contributed by atoms with Gasteiger partial charge in [0.15, 0.2) is 0 Å². The Kier molecular flexibility index (Phi) is 6.08. The molecule has 0 aliphatic carbocycles. The molecule has 0 aliphatic heterocycles. The van der Waals surface area contributed by atoms with E-state index in [0.717, 1.165) is 0 Å². The molecule has 2 amide bonds. The fraction of sp³-hybridized carbons (Fsp3) is 0.333. The van der Waals surface area contributed by atoms with Crippen LogP contribution in [-0.2, 0) is 4.79 Å². The van der Waals surface area contributed by atoms with E-state index in [9.17, 15) is 9.59 Å². The van der Waals surface area contributed by atoms with Crippen molar-refractivity contribution in [1.82, 2.24) is 5.32 Å². The molecule has 1 rings (SSSR count). The van der Waals surface area contributed by atoms with Gasteiger partial charge >= 0.3 is 12.0 Å². The highest BCUT2D eigenvalue weighted by molar-refractivity contribution is 6.31. The van der Waals surface area contributed by atoms with Crippen molar-refractivity contribution in [1.29, 1.82) is 0 Å². The summed E-state index contributed by atoms with van der Waals surface area (Å²) in [5, 5.41) is 22.7. The zero-order valence-electron chi connectivity index (χ0n) is 10.7. The number of urea groups is 1. The van der Waals surface area contributed by atoms with E-state index in [2.05, 4.69) is 10.6 Å². The van der Waals surface area contributed by atoms with Gasteiger partial charge in [-0.2, -0.15) is 0 Å². The van der Waals surface area contributed by atoms with Gasteiger partial charge in [0.25, 0.3) is 0 Å². The van der Waals surface area contributed by atoms with Gasteiger partial charge in [-0.15, -0.1) is 0 Å². The van der Waals surface area contributed by atoms with Crippen molar-refractivity contribution in [3.63, 3.8) is 0 Å². The molecule has 20 heavy (non-hydrogen) atoms. The highest BCUT2D eigenvalue weighted by atomic mass is 35.5. The van der Waals surface area contributed by atoms with Gasteiger partial charge in [-0.1, -0.05) is 11.6 Å². The number of aliphatic hydroxyl groups excluding tert-OH is 1. The Hall–Kier alpha value is -1.99. The van der Waals surface area contributed by atoms with E-state index in [4.69, 9.17) is 26.6 Å². The molecule has 0 spiro atoms. The molecule has 0 fully saturated rings. The second kappa shape index (κ2) is 7.56. The number of benzene rings is 1. The summed E-state index contributed by atoms with van der Waals surface area (Å²) in [6, 6.07) is 2.73. The Morgan fingerprint density at radius 3 is 2.70 bits per heavy atom. The lowest BCUT2D eigenvalue weighted by atomic mass is 10.2. The first kappa shape index (κ1) is 16.1. The summed E-state index contributed by atoms with van der Waals surface area (Å²) in [6.45, 7) is -0.349. The normalized spacial score (nSPS) is 11.6. The molecule has 110 valence electrons. The SMILES string of the molecule is COc1ccc(Cl)cc1NC(=O)N[C@@H](CCO)C(=O)O. The lowest BCUT2D eigenvalue weighted by molar-refractivity contribution is -0.139. The van der Waals surface area contributed by atoms with Crippen LogP contribution < -0.4 is 15.4 Å². The van der Waals surface area contributed by atoms with Crippen LogP contribution >= 0.6 is 11.6 Å². The van der Waals surface area contributed by atoms with E-state index in [0.29, 0.717) is 16.5 Å². The first-order chi connectivity index (χ1) is 9.47. The molecule has 0 radical (unpaired) electrons. The Morgan fingerprint density at radius 2 is 2.15 bits per heavy atom. The van der Waals surface area contributed by atoms with Crippen molar-refractivity contribution in [3.8, 4) is 5.75 Å². The first-order valence-electron chi connectivity index (χ1n) is 5.72. The van der Waals surface area contributed by atoms with Crippen LogP contribution in [0.5, 0.6) is 5.75 Å². The molecule has 0 bridgehead atoms. The summed E-state index contributed by atoms with van der Waals surface area (Å²) in [4.78, 5) is 22.6. The molecule has 0 saturated carbocycles. The minimum absolute atomic E-state index is 0.0879. The van der Waals surface area contributed by atoms with Crippen LogP contribution in [-0.4, -0.2) is 42.0 Å². The Bertz CT molecular complexity index is 495. The molecular weight excluding hydrogens is 288 g/mol. The van der Waals surface area contributed by atoms with Crippen molar-refractivity contribution >= 4 is 29.3 Å². The van der Waals surface area contributed by atoms with Crippen molar-refractivity contribution in [2.75, 3.05) is 19.0 Å². The fourth-order valence-electron chi connectivity index (χ4n) is 1.48. The van der Waals surface area contributed by atoms with Crippen LogP contribution in [0.25, 0.3) is 0 Å². The second-order valence-corrected chi connectivity index (χ2v) is 4.28. The van der Waals surface area contributed by atoms with Crippen molar-refractivity contribution < 1.29 is 24.5 Å². The number of hydrogen-bond donors (Lipinski definition) is 4. The van der Waals surface area contributed by atoms with Gasteiger partial charge in [-0.25, -0.2) is 9.59 Å². The number of anilines is 1. The Balaban J connectivity index is 2.75. The van der Waals surface area contributed by atoms with Crippen LogP contribution in [0.15, 0.2) is 18.2 Å². The number of aliphatic hydroxyl groups is 1. The van der Waals surface area contributed by atoms with Crippen molar-refractivity contribution in [2.45, 2.75) is 12.5 Å². The maximum absolute atomic E-state index is 11.7. The molecule has 7 nitrogen and oxygen atoms in total. The highest BCUT2D eigenvalue weighted by Gasteiger charge is 2.19. The zero-order chi connectivity index (χ0) is 15.1. The van der Waals surface area contributed by atoms with E-state index in [-0.39, 0.29) is 13.0 Å². The Labute approximate surface area is 120 Å². The quantitative estimate of drug-likeness (QED) is 0.633. The number of carboxylic acid groups (broad SMARTS) is 1.